The maximum atomic E-state index is 13.1. The number of aliphatic hydroxyl groups is 2. The number of aliphatic hydroxyl groups excluding tert-OH is 2. The summed E-state index contributed by atoms with van der Waals surface area (Å²) in [5.41, 5.74) is 0.0904. The van der Waals surface area contributed by atoms with Crippen LogP contribution in [0, 0.1) is 5.82 Å². The van der Waals surface area contributed by atoms with Gasteiger partial charge < -0.3 is 25.0 Å². The van der Waals surface area contributed by atoms with Crippen LogP contribution in [-0.2, 0) is 27.5 Å². The number of benzene rings is 2. The molecule has 1 saturated carbocycles. The first-order chi connectivity index (χ1) is 14.3. The zero-order valence-electron chi connectivity index (χ0n) is 16.6. The molecule has 0 heterocycles. The maximum absolute atomic E-state index is 13.1. The molecule has 6 nitrogen and oxygen atoms in total. The van der Waals surface area contributed by atoms with Crippen LogP contribution in [0.25, 0.3) is 0 Å². The van der Waals surface area contributed by atoms with Crippen molar-refractivity contribution in [2.45, 2.75) is 50.0 Å². The summed E-state index contributed by atoms with van der Waals surface area (Å²) in [5.74, 6) is -0.772. The van der Waals surface area contributed by atoms with E-state index in [-0.39, 0.29) is 31.9 Å². The highest BCUT2D eigenvalue weighted by molar-refractivity contribution is 6.30. The summed E-state index contributed by atoms with van der Waals surface area (Å²) in [7, 11) is 1.48. The zero-order valence-corrected chi connectivity index (χ0v) is 17.3. The van der Waals surface area contributed by atoms with Crippen LogP contribution in [0.5, 0.6) is 0 Å². The fourth-order valence-electron chi connectivity index (χ4n) is 3.62. The zero-order chi connectivity index (χ0) is 21.7. The van der Waals surface area contributed by atoms with E-state index < -0.39 is 29.8 Å². The second-order valence-electron chi connectivity index (χ2n) is 7.43. The Morgan fingerprint density at radius 1 is 1.17 bits per heavy atom. The summed E-state index contributed by atoms with van der Waals surface area (Å²) in [6.07, 6.45) is -3.28. The fraction of sp³-hybridized carbons (Fsp3) is 0.409. The maximum Gasteiger partial charge on any atom is 0.252 e. The van der Waals surface area contributed by atoms with Crippen molar-refractivity contribution in [3.8, 4) is 0 Å². The number of hydrogen-bond acceptors (Lipinski definition) is 5. The topological polar surface area (TPSA) is 88.0 Å². The van der Waals surface area contributed by atoms with Gasteiger partial charge in [0.2, 0.25) is 0 Å². The molecule has 162 valence electrons. The van der Waals surface area contributed by atoms with Crippen molar-refractivity contribution in [1.82, 2.24) is 5.32 Å². The summed E-state index contributed by atoms with van der Waals surface area (Å²) in [6, 6.07) is 12.8. The third kappa shape index (κ3) is 5.36. The number of halogens is 2. The molecule has 0 bridgehead atoms. The van der Waals surface area contributed by atoms with Crippen molar-refractivity contribution < 1.29 is 28.9 Å². The second-order valence-corrected chi connectivity index (χ2v) is 7.87. The lowest BCUT2D eigenvalue weighted by Gasteiger charge is -2.43. The average Bonchev–Trinajstić information content (AvgIpc) is 2.74. The van der Waals surface area contributed by atoms with Crippen LogP contribution < -0.4 is 5.32 Å². The summed E-state index contributed by atoms with van der Waals surface area (Å²) in [6.45, 7) is 0.189. The standard InChI is InChI=1S/C22H25ClFNO5/c1-25-21(28)22(30-13-15-3-2-4-16(23)9-15)10-18(26)20(27)19(11-22)29-12-14-5-7-17(24)8-6-14/h2-9,18-20,26-27H,10-13H2,1H3,(H,25,28)/t18-,19?,20-,22+/m1/s1. The van der Waals surface area contributed by atoms with Crippen molar-refractivity contribution in [1.29, 1.82) is 0 Å². The molecule has 2 aromatic rings. The minimum atomic E-state index is -1.39. The van der Waals surface area contributed by atoms with Crippen LogP contribution in [0.4, 0.5) is 4.39 Å². The number of carbonyl (C=O) groups excluding carboxylic acids is 1. The molecule has 1 unspecified atom stereocenters. The lowest BCUT2D eigenvalue weighted by Crippen LogP contribution is -2.60. The van der Waals surface area contributed by atoms with E-state index in [2.05, 4.69) is 5.32 Å². The van der Waals surface area contributed by atoms with Gasteiger partial charge in [0.05, 0.1) is 25.4 Å². The molecule has 8 heteroatoms. The first-order valence-corrected chi connectivity index (χ1v) is 10.0. The molecule has 4 atom stereocenters. The summed E-state index contributed by atoms with van der Waals surface area (Å²) in [5, 5.41) is 24.0. The van der Waals surface area contributed by atoms with E-state index in [4.69, 9.17) is 21.1 Å². The van der Waals surface area contributed by atoms with Gasteiger partial charge >= 0.3 is 0 Å². The molecular formula is C22H25ClFNO5. The van der Waals surface area contributed by atoms with Gasteiger partial charge in [-0.2, -0.15) is 0 Å². The van der Waals surface area contributed by atoms with Gasteiger partial charge in [-0.1, -0.05) is 35.9 Å². The highest BCUT2D eigenvalue weighted by atomic mass is 35.5. The molecule has 1 amide bonds. The van der Waals surface area contributed by atoms with Crippen LogP contribution in [0.15, 0.2) is 48.5 Å². The van der Waals surface area contributed by atoms with Gasteiger partial charge in [0.1, 0.15) is 11.9 Å². The van der Waals surface area contributed by atoms with E-state index in [0.717, 1.165) is 5.56 Å². The van der Waals surface area contributed by atoms with Crippen LogP contribution in [0.2, 0.25) is 5.02 Å². The number of carbonyl (C=O) groups is 1. The van der Waals surface area contributed by atoms with Gasteiger partial charge in [0, 0.05) is 24.9 Å². The van der Waals surface area contributed by atoms with E-state index in [1.165, 1.54) is 19.2 Å². The number of hydrogen-bond donors (Lipinski definition) is 3. The fourth-order valence-corrected chi connectivity index (χ4v) is 3.83. The number of amides is 1. The Labute approximate surface area is 179 Å². The molecule has 0 aromatic heterocycles. The van der Waals surface area contributed by atoms with E-state index in [9.17, 15) is 19.4 Å². The monoisotopic (exact) mass is 437 g/mol. The molecule has 1 fully saturated rings. The van der Waals surface area contributed by atoms with Crippen molar-refractivity contribution >= 4 is 17.5 Å². The SMILES string of the molecule is CNC(=O)[C@@]1(OCc2cccc(Cl)c2)CC(OCc2ccc(F)cc2)[C@H](O)[C@H](O)C1. The third-order valence-electron chi connectivity index (χ3n) is 5.27. The Kier molecular flexibility index (Phi) is 7.44. The molecule has 0 saturated heterocycles. The van der Waals surface area contributed by atoms with Crippen LogP contribution in [0.1, 0.15) is 24.0 Å². The second kappa shape index (κ2) is 9.85. The Balaban J connectivity index is 1.75. The molecular weight excluding hydrogens is 413 g/mol. The number of nitrogens with one attached hydrogen (secondary N) is 1. The van der Waals surface area contributed by atoms with E-state index in [1.807, 2.05) is 6.07 Å². The Morgan fingerprint density at radius 2 is 1.90 bits per heavy atom. The van der Waals surface area contributed by atoms with Gasteiger partial charge in [-0.3, -0.25) is 4.79 Å². The predicted octanol–water partition coefficient (Wildman–Crippen LogP) is 2.58. The molecule has 0 aliphatic heterocycles. The van der Waals surface area contributed by atoms with Crippen LogP contribution >= 0.6 is 11.6 Å². The quantitative estimate of drug-likeness (QED) is 0.619. The van der Waals surface area contributed by atoms with Crippen molar-refractivity contribution in [2.24, 2.45) is 0 Å². The average molecular weight is 438 g/mol. The van der Waals surface area contributed by atoms with E-state index in [1.54, 1.807) is 30.3 Å². The molecule has 3 rings (SSSR count). The largest absolute Gasteiger partial charge is 0.390 e. The minimum Gasteiger partial charge on any atom is -0.390 e. The molecule has 0 spiro atoms. The van der Waals surface area contributed by atoms with E-state index in [0.29, 0.717) is 10.6 Å². The number of rotatable bonds is 7. The van der Waals surface area contributed by atoms with Crippen LogP contribution in [-0.4, -0.2) is 47.1 Å². The lowest BCUT2D eigenvalue weighted by molar-refractivity contribution is -0.199. The molecule has 2 aromatic carbocycles. The van der Waals surface area contributed by atoms with Gasteiger partial charge in [-0.25, -0.2) is 4.39 Å². The first kappa shape index (κ1) is 22.7. The summed E-state index contributed by atoms with van der Waals surface area (Å²) < 4.78 is 24.9. The normalized spacial score (nSPS) is 26.4. The Hall–Kier alpha value is -2.03. The Bertz CT molecular complexity index is 865. The van der Waals surface area contributed by atoms with Crippen molar-refractivity contribution in [3.63, 3.8) is 0 Å². The summed E-state index contributed by atoms with van der Waals surface area (Å²) >= 11 is 6.01. The first-order valence-electron chi connectivity index (χ1n) is 9.66. The molecule has 3 N–H and O–H groups in total. The van der Waals surface area contributed by atoms with Gasteiger partial charge in [0.25, 0.3) is 5.91 Å². The lowest BCUT2D eigenvalue weighted by atomic mass is 9.78. The highest BCUT2D eigenvalue weighted by Gasteiger charge is 2.51. The van der Waals surface area contributed by atoms with E-state index >= 15 is 0 Å². The van der Waals surface area contributed by atoms with Gasteiger partial charge in [-0.15, -0.1) is 0 Å². The highest BCUT2D eigenvalue weighted by Crippen LogP contribution is 2.35. The van der Waals surface area contributed by atoms with Gasteiger partial charge in [0.15, 0.2) is 5.60 Å². The number of ether oxygens (including phenoxy) is 2. The molecule has 1 aliphatic carbocycles. The summed E-state index contributed by atoms with van der Waals surface area (Å²) in [4.78, 5) is 12.7. The third-order valence-corrected chi connectivity index (χ3v) is 5.50. The predicted molar refractivity (Wildman–Crippen MR) is 109 cm³/mol. The Morgan fingerprint density at radius 3 is 2.57 bits per heavy atom. The molecule has 1 aliphatic rings. The minimum absolute atomic E-state index is 0.0483. The van der Waals surface area contributed by atoms with Gasteiger partial charge in [-0.05, 0) is 35.4 Å². The molecule has 0 radical (unpaired) electrons. The van der Waals surface area contributed by atoms with Crippen molar-refractivity contribution in [2.75, 3.05) is 7.05 Å². The van der Waals surface area contributed by atoms with Crippen LogP contribution in [0.3, 0.4) is 0 Å². The number of likely N-dealkylation sites (N-methyl/N-ethyl adjacent to an activating group) is 1. The van der Waals surface area contributed by atoms with Crippen molar-refractivity contribution in [3.05, 3.63) is 70.5 Å². The smallest absolute Gasteiger partial charge is 0.252 e. The molecule has 30 heavy (non-hydrogen) atoms.